The number of sulfonamides is 1. The van der Waals surface area contributed by atoms with Crippen molar-refractivity contribution in [3.63, 3.8) is 0 Å². The third kappa shape index (κ3) is 3.24. The van der Waals surface area contributed by atoms with Gasteiger partial charge in [0.2, 0.25) is 10.0 Å². The second-order valence-electron chi connectivity index (χ2n) is 5.93. The molecule has 4 nitrogen and oxygen atoms in total. The first-order valence-electron chi connectivity index (χ1n) is 7.71. The normalized spacial score (nSPS) is 16.6. The lowest BCUT2D eigenvalue weighted by Crippen LogP contribution is -2.36. The fourth-order valence-electron chi connectivity index (χ4n) is 3.27. The summed E-state index contributed by atoms with van der Waals surface area (Å²) in [5.74, 6) is 0. The van der Waals surface area contributed by atoms with Crippen LogP contribution in [0.2, 0.25) is 0 Å². The molecule has 1 saturated carbocycles. The third-order valence-corrected chi connectivity index (χ3v) is 6.53. The van der Waals surface area contributed by atoms with E-state index in [-0.39, 0.29) is 6.04 Å². The molecule has 0 bridgehead atoms. The number of nitrogens with one attached hydrogen (secondary N) is 1. The number of hydrogen-bond acceptors (Lipinski definition) is 3. The molecule has 1 aromatic rings. The van der Waals surface area contributed by atoms with Crippen molar-refractivity contribution in [3.05, 3.63) is 23.3 Å². The Hall–Kier alpha value is -1.07. The highest BCUT2D eigenvalue weighted by molar-refractivity contribution is 7.89. The molecule has 0 unspecified atom stereocenters. The highest BCUT2D eigenvalue weighted by Gasteiger charge is 2.32. The van der Waals surface area contributed by atoms with Crippen molar-refractivity contribution in [2.45, 2.75) is 57.4 Å². The highest BCUT2D eigenvalue weighted by Crippen LogP contribution is 2.31. The van der Waals surface area contributed by atoms with Crippen LogP contribution in [-0.2, 0) is 10.0 Å². The minimum atomic E-state index is -3.41. The predicted molar refractivity (Wildman–Crippen MR) is 87.3 cm³/mol. The maximum absolute atomic E-state index is 12.9. The smallest absolute Gasteiger partial charge is 0.243 e. The van der Waals surface area contributed by atoms with E-state index in [1.54, 1.807) is 11.4 Å². The maximum Gasteiger partial charge on any atom is 0.243 e. The van der Waals surface area contributed by atoms with Crippen molar-refractivity contribution in [2.24, 2.45) is 0 Å². The van der Waals surface area contributed by atoms with Gasteiger partial charge in [-0.25, -0.2) is 8.42 Å². The molecule has 0 aromatic heterocycles. The van der Waals surface area contributed by atoms with Gasteiger partial charge in [0.05, 0.1) is 4.90 Å². The van der Waals surface area contributed by atoms with E-state index in [1.165, 1.54) is 0 Å². The van der Waals surface area contributed by atoms with Crippen molar-refractivity contribution < 1.29 is 8.42 Å². The molecule has 1 aliphatic rings. The Morgan fingerprint density at radius 3 is 2.19 bits per heavy atom. The van der Waals surface area contributed by atoms with Gasteiger partial charge in [-0.05, 0) is 56.9 Å². The topological polar surface area (TPSA) is 49.4 Å². The number of rotatable bonds is 5. The SMILES string of the molecule is CCNc1cc(C)c(S(=O)(=O)N(C)C2CCCC2)c(C)c1. The predicted octanol–water partition coefficient (Wildman–Crippen LogP) is 3.30. The van der Waals surface area contributed by atoms with Gasteiger partial charge in [-0.1, -0.05) is 12.8 Å². The Bertz CT molecular complexity index is 582. The second kappa shape index (κ2) is 6.36. The average molecular weight is 310 g/mol. The molecule has 0 aliphatic heterocycles. The lowest BCUT2D eigenvalue weighted by molar-refractivity contribution is 0.372. The number of hydrogen-bond donors (Lipinski definition) is 1. The Kier molecular flexibility index (Phi) is 4.94. The summed E-state index contributed by atoms with van der Waals surface area (Å²) in [7, 11) is -1.69. The number of anilines is 1. The van der Waals surface area contributed by atoms with E-state index in [2.05, 4.69) is 5.32 Å². The van der Waals surface area contributed by atoms with Gasteiger partial charge in [-0.15, -0.1) is 0 Å². The van der Waals surface area contributed by atoms with Crippen LogP contribution in [0.1, 0.15) is 43.7 Å². The van der Waals surface area contributed by atoms with Crippen molar-refractivity contribution in [1.29, 1.82) is 0 Å². The van der Waals surface area contributed by atoms with E-state index >= 15 is 0 Å². The fraction of sp³-hybridized carbons (Fsp3) is 0.625. The molecule has 0 radical (unpaired) electrons. The Balaban J connectivity index is 2.39. The van der Waals surface area contributed by atoms with Gasteiger partial charge in [0.15, 0.2) is 0 Å². The minimum Gasteiger partial charge on any atom is -0.385 e. The zero-order valence-corrected chi connectivity index (χ0v) is 14.3. The molecule has 1 N–H and O–H groups in total. The summed E-state index contributed by atoms with van der Waals surface area (Å²) >= 11 is 0. The van der Waals surface area contributed by atoms with E-state index in [9.17, 15) is 8.42 Å². The molecule has 0 heterocycles. The van der Waals surface area contributed by atoms with Crippen LogP contribution in [-0.4, -0.2) is 32.4 Å². The monoisotopic (exact) mass is 310 g/mol. The van der Waals surface area contributed by atoms with E-state index in [0.717, 1.165) is 49.0 Å². The summed E-state index contributed by atoms with van der Waals surface area (Å²) in [5.41, 5.74) is 2.61. The molecule has 21 heavy (non-hydrogen) atoms. The lowest BCUT2D eigenvalue weighted by atomic mass is 10.1. The third-order valence-electron chi connectivity index (χ3n) is 4.32. The zero-order chi connectivity index (χ0) is 15.6. The van der Waals surface area contributed by atoms with Gasteiger partial charge in [-0.2, -0.15) is 4.31 Å². The van der Waals surface area contributed by atoms with Crippen molar-refractivity contribution >= 4 is 15.7 Å². The molecule has 5 heteroatoms. The van der Waals surface area contributed by atoms with Crippen LogP contribution in [0.4, 0.5) is 5.69 Å². The maximum atomic E-state index is 12.9. The van der Waals surface area contributed by atoms with Crippen LogP contribution in [0.25, 0.3) is 0 Å². The first kappa shape index (κ1) is 16.3. The summed E-state index contributed by atoms with van der Waals surface area (Å²) < 4.78 is 27.5. The molecule has 1 aliphatic carbocycles. The van der Waals surface area contributed by atoms with Crippen molar-refractivity contribution in [3.8, 4) is 0 Å². The molecule has 0 spiro atoms. The summed E-state index contributed by atoms with van der Waals surface area (Å²) in [5, 5.41) is 3.24. The molecule has 0 saturated heterocycles. The van der Waals surface area contributed by atoms with Crippen LogP contribution in [0.15, 0.2) is 17.0 Å². The molecule has 1 fully saturated rings. The van der Waals surface area contributed by atoms with Crippen LogP contribution in [0.3, 0.4) is 0 Å². The van der Waals surface area contributed by atoms with Crippen LogP contribution >= 0.6 is 0 Å². The van der Waals surface area contributed by atoms with E-state index in [4.69, 9.17) is 0 Å². The summed E-state index contributed by atoms with van der Waals surface area (Å²) in [6, 6.07) is 4.00. The summed E-state index contributed by atoms with van der Waals surface area (Å²) in [6.07, 6.45) is 4.20. The van der Waals surface area contributed by atoms with Gasteiger partial charge in [0.1, 0.15) is 0 Å². The number of benzene rings is 1. The van der Waals surface area contributed by atoms with Gasteiger partial charge in [-0.3, -0.25) is 0 Å². The Morgan fingerprint density at radius 1 is 1.19 bits per heavy atom. The molecule has 1 aromatic carbocycles. The molecule has 0 atom stereocenters. The van der Waals surface area contributed by atoms with Gasteiger partial charge < -0.3 is 5.32 Å². The van der Waals surface area contributed by atoms with Crippen LogP contribution in [0, 0.1) is 13.8 Å². The van der Waals surface area contributed by atoms with Crippen LogP contribution < -0.4 is 5.32 Å². The average Bonchev–Trinajstić information content (AvgIpc) is 2.90. The highest BCUT2D eigenvalue weighted by atomic mass is 32.2. The molecule has 2 rings (SSSR count). The minimum absolute atomic E-state index is 0.155. The quantitative estimate of drug-likeness (QED) is 0.908. The first-order chi connectivity index (χ1) is 9.87. The Labute approximate surface area is 128 Å². The van der Waals surface area contributed by atoms with Crippen molar-refractivity contribution in [2.75, 3.05) is 18.9 Å². The first-order valence-corrected chi connectivity index (χ1v) is 9.15. The fourth-order valence-corrected chi connectivity index (χ4v) is 5.09. The number of nitrogens with zero attached hydrogens (tertiary/aromatic N) is 1. The van der Waals surface area contributed by atoms with Crippen LogP contribution in [0.5, 0.6) is 0 Å². The summed E-state index contributed by atoms with van der Waals surface area (Å²) in [4.78, 5) is 0.471. The molecular formula is C16H26N2O2S. The standard InChI is InChI=1S/C16H26N2O2S/c1-5-17-14-10-12(2)16(13(3)11-14)21(19,20)18(4)15-8-6-7-9-15/h10-11,15,17H,5-9H2,1-4H3. The molecule has 118 valence electrons. The lowest BCUT2D eigenvalue weighted by Gasteiger charge is -2.25. The van der Waals surface area contributed by atoms with Gasteiger partial charge in [0, 0.05) is 25.3 Å². The van der Waals surface area contributed by atoms with E-state index in [0.29, 0.717) is 4.90 Å². The summed E-state index contributed by atoms with van der Waals surface area (Å²) in [6.45, 7) is 6.61. The molecule has 0 amide bonds. The number of aryl methyl sites for hydroxylation is 2. The Morgan fingerprint density at radius 2 is 1.71 bits per heavy atom. The van der Waals surface area contributed by atoms with Gasteiger partial charge in [0.25, 0.3) is 0 Å². The zero-order valence-electron chi connectivity index (χ0n) is 13.4. The van der Waals surface area contributed by atoms with Gasteiger partial charge >= 0.3 is 0 Å². The molecular weight excluding hydrogens is 284 g/mol. The van der Waals surface area contributed by atoms with E-state index < -0.39 is 10.0 Å². The largest absolute Gasteiger partial charge is 0.385 e. The second-order valence-corrected chi connectivity index (χ2v) is 7.86. The van der Waals surface area contributed by atoms with Crippen molar-refractivity contribution in [1.82, 2.24) is 4.31 Å². The van der Waals surface area contributed by atoms with E-state index in [1.807, 2.05) is 32.9 Å².